The Kier molecular flexibility index (Phi) is 3.48. The van der Waals surface area contributed by atoms with Gasteiger partial charge in [0, 0.05) is 11.7 Å². The number of nitrogens with one attached hydrogen (secondary N) is 2. The Morgan fingerprint density at radius 2 is 1.78 bits per heavy atom. The largest absolute Gasteiger partial charge is 0.335 e. The zero-order chi connectivity index (χ0) is 18.5. The van der Waals surface area contributed by atoms with Gasteiger partial charge in [0.1, 0.15) is 0 Å². The second-order valence-electron chi connectivity index (χ2n) is 6.54. The third-order valence-electron chi connectivity index (χ3n) is 4.53. The average molecular weight is 378 g/mol. The van der Waals surface area contributed by atoms with Crippen LogP contribution in [0.3, 0.4) is 0 Å². The van der Waals surface area contributed by atoms with Crippen molar-refractivity contribution in [2.24, 2.45) is 0 Å². The molecule has 2 N–H and O–H groups in total. The van der Waals surface area contributed by atoms with Crippen LogP contribution in [0, 0.1) is 0 Å². The molecule has 134 valence electrons. The fourth-order valence-electron chi connectivity index (χ4n) is 3.03. The van der Waals surface area contributed by atoms with Crippen LogP contribution in [0.5, 0.6) is 0 Å². The van der Waals surface area contributed by atoms with E-state index in [4.69, 9.17) is 0 Å². The van der Waals surface area contributed by atoms with Gasteiger partial charge in [0.25, 0.3) is 11.8 Å². The summed E-state index contributed by atoms with van der Waals surface area (Å²) in [5.74, 6) is -0.728. The highest BCUT2D eigenvalue weighted by atomic mass is 32.1. The molecule has 3 aromatic rings. The first-order valence-electron chi connectivity index (χ1n) is 8.56. The Hall–Kier alpha value is -3.26. The number of benzene rings is 2. The third kappa shape index (κ3) is 2.74. The SMILES string of the molecule is O=C(Nc1ccc2nc(N3C(=O)c4ccccc4C3=O)sc2c1)NC1CC1. The summed E-state index contributed by atoms with van der Waals surface area (Å²) in [7, 11) is 0. The second kappa shape index (κ2) is 5.88. The lowest BCUT2D eigenvalue weighted by Crippen LogP contribution is -2.30. The molecule has 2 aliphatic rings. The van der Waals surface area contributed by atoms with Crippen LogP contribution in [-0.4, -0.2) is 28.9 Å². The minimum absolute atomic E-state index is 0.234. The molecular formula is C19H14N4O3S. The maximum absolute atomic E-state index is 12.6. The summed E-state index contributed by atoms with van der Waals surface area (Å²) in [4.78, 5) is 42.7. The van der Waals surface area contributed by atoms with Crippen LogP contribution in [0.1, 0.15) is 33.6 Å². The van der Waals surface area contributed by atoms with E-state index < -0.39 is 0 Å². The standard InChI is InChI=1S/C19H14N4O3S/c24-16-12-3-1-2-4-13(12)17(25)23(16)19-22-14-8-7-11(9-15(14)27-19)21-18(26)20-10-5-6-10/h1-4,7-10H,5-6H2,(H2,20,21,26). The van der Waals surface area contributed by atoms with Gasteiger partial charge in [0.05, 0.1) is 21.3 Å². The molecule has 1 aliphatic heterocycles. The number of amides is 4. The number of aromatic nitrogens is 1. The lowest BCUT2D eigenvalue weighted by atomic mass is 10.1. The van der Waals surface area contributed by atoms with Crippen molar-refractivity contribution in [3.63, 3.8) is 0 Å². The number of carbonyl (C=O) groups is 3. The first-order valence-corrected chi connectivity index (χ1v) is 9.38. The van der Waals surface area contributed by atoms with Gasteiger partial charge >= 0.3 is 6.03 Å². The van der Waals surface area contributed by atoms with Gasteiger partial charge in [-0.2, -0.15) is 0 Å². The van der Waals surface area contributed by atoms with Gasteiger partial charge < -0.3 is 10.6 Å². The number of hydrogen-bond donors (Lipinski definition) is 2. The second-order valence-corrected chi connectivity index (χ2v) is 7.55. The molecule has 8 heteroatoms. The Bertz CT molecular complexity index is 1080. The first-order chi connectivity index (χ1) is 13.1. The van der Waals surface area contributed by atoms with E-state index in [2.05, 4.69) is 15.6 Å². The van der Waals surface area contributed by atoms with Gasteiger partial charge in [-0.15, -0.1) is 0 Å². The van der Waals surface area contributed by atoms with Crippen LogP contribution in [0.15, 0.2) is 42.5 Å². The van der Waals surface area contributed by atoms with Crippen LogP contribution < -0.4 is 15.5 Å². The Labute approximate surface area is 158 Å². The van der Waals surface area contributed by atoms with E-state index in [1.165, 1.54) is 11.3 Å². The maximum Gasteiger partial charge on any atom is 0.319 e. The van der Waals surface area contributed by atoms with Gasteiger partial charge in [0.15, 0.2) is 0 Å². The molecule has 2 aromatic carbocycles. The van der Waals surface area contributed by atoms with Gasteiger partial charge in [-0.25, -0.2) is 14.7 Å². The topological polar surface area (TPSA) is 91.4 Å². The third-order valence-corrected chi connectivity index (χ3v) is 5.54. The number of hydrogen-bond acceptors (Lipinski definition) is 5. The normalized spacial score (nSPS) is 15.9. The van der Waals surface area contributed by atoms with Crippen LogP contribution in [0.4, 0.5) is 15.6 Å². The van der Waals surface area contributed by atoms with Gasteiger partial charge in [-0.05, 0) is 43.2 Å². The van der Waals surface area contributed by atoms with E-state index in [1.54, 1.807) is 42.5 Å². The molecule has 4 amide bonds. The quantitative estimate of drug-likeness (QED) is 0.684. The Morgan fingerprint density at radius 3 is 2.44 bits per heavy atom. The smallest absolute Gasteiger partial charge is 0.319 e. The van der Waals surface area contributed by atoms with Crippen molar-refractivity contribution < 1.29 is 14.4 Å². The molecule has 2 heterocycles. The number of fused-ring (bicyclic) bond motifs is 2. The zero-order valence-corrected chi connectivity index (χ0v) is 14.9. The molecule has 0 radical (unpaired) electrons. The molecule has 7 nitrogen and oxygen atoms in total. The number of imide groups is 1. The van der Waals surface area contributed by atoms with Crippen molar-refractivity contribution in [1.29, 1.82) is 0 Å². The molecule has 1 aliphatic carbocycles. The highest BCUT2D eigenvalue weighted by Crippen LogP contribution is 2.35. The van der Waals surface area contributed by atoms with Crippen LogP contribution in [0.25, 0.3) is 10.2 Å². The number of anilines is 2. The van der Waals surface area contributed by atoms with Crippen LogP contribution in [-0.2, 0) is 0 Å². The number of carbonyl (C=O) groups excluding carboxylic acids is 3. The highest BCUT2D eigenvalue weighted by Gasteiger charge is 2.38. The summed E-state index contributed by atoms with van der Waals surface area (Å²) in [6.45, 7) is 0. The summed E-state index contributed by atoms with van der Waals surface area (Å²) in [6, 6.07) is 12.1. The lowest BCUT2D eigenvalue weighted by Gasteiger charge is -2.08. The van der Waals surface area contributed by atoms with E-state index in [0.29, 0.717) is 27.5 Å². The predicted octanol–water partition coefficient (Wildman–Crippen LogP) is 3.38. The van der Waals surface area contributed by atoms with Crippen molar-refractivity contribution in [2.45, 2.75) is 18.9 Å². The molecule has 5 rings (SSSR count). The van der Waals surface area contributed by atoms with Crippen molar-refractivity contribution >= 4 is 50.2 Å². The summed E-state index contributed by atoms with van der Waals surface area (Å²) >= 11 is 1.24. The van der Waals surface area contributed by atoms with E-state index in [-0.39, 0.29) is 23.9 Å². The molecule has 1 fully saturated rings. The fourth-order valence-corrected chi connectivity index (χ4v) is 4.03. The van der Waals surface area contributed by atoms with E-state index in [0.717, 1.165) is 22.4 Å². The van der Waals surface area contributed by atoms with Gasteiger partial charge in [-0.3, -0.25) is 9.59 Å². The van der Waals surface area contributed by atoms with E-state index >= 15 is 0 Å². The van der Waals surface area contributed by atoms with Crippen molar-refractivity contribution in [3.05, 3.63) is 53.6 Å². The first kappa shape index (κ1) is 16.0. The number of thiazole rings is 1. The predicted molar refractivity (Wildman–Crippen MR) is 102 cm³/mol. The maximum atomic E-state index is 12.6. The highest BCUT2D eigenvalue weighted by molar-refractivity contribution is 7.22. The molecule has 27 heavy (non-hydrogen) atoms. The summed E-state index contributed by atoms with van der Waals surface area (Å²) in [6.07, 6.45) is 2.04. The van der Waals surface area contributed by atoms with Crippen molar-refractivity contribution in [3.8, 4) is 0 Å². The van der Waals surface area contributed by atoms with Gasteiger partial charge in [-0.1, -0.05) is 23.5 Å². The summed E-state index contributed by atoms with van der Waals surface area (Å²) in [5, 5.41) is 5.99. The minimum atomic E-state index is -0.364. The number of nitrogens with zero attached hydrogens (tertiary/aromatic N) is 2. The van der Waals surface area contributed by atoms with Crippen molar-refractivity contribution in [1.82, 2.24) is 10.3 Å². The summed E-state index contributed by atoms with van der Waals surface area (Å²) in [5.41, 5.74) is 2.08. The van der Waals surface area contributed by atoms with Crippen molar-refractivity contribution in [2.75, 3.05) is 10.2 Å². The molecular weight excluding hydrogens is 364 g/mol. The van der Waals surface area contributed by atoms with Gasteiger partial charge in [0.2, 0.25) is 5.13 Å². The molecule has 0 spiro atoms. The molecule has 0 unspecified atom stereocenters. The molecule has 0 atom stereocenters. The molecule has 0 bridgehead atoms. The van der Waals surface area contributed by atoms with E-state index in [1.807, 2.05) is 0 Å². The fraction of sp³-hybridized carbons (Fsp3) is 0.158. The summed E-state index contributed by atoms with van der Waals surface area (Å²) < 4.78 is 0.783. The van der Waals surface area contributed by atoms with Crippen LogP contribution >= 0.6 is 11.3 Å². The average Bonchev–Trinajstić information content (AvgIpc) is 3.31. The zero-order valence-electron chi connectivity index (χ0n) is 14.1. The Balaban J connectivity index is 1.44. The van der Waals surface area contributed by atoms with Crippen LogP contribution in [0.2, 0.25) is 0 Å². The molecule has 1 aromatic heterocycles. The molecule has 1 saturated carbocycles. The van der Waals surface area contributed by atoms with E-state index in [9.17, 15) is 14.4 Å². The Morgan fingerprint density at radius 1 is 1.07 bits per heavy atom. The number of urea groups is 1. The lowest BCUT2D eigenvalue weighted by molar-refractivity contribution is 0.0926. The number of rotatable bonds is 3. The monoisotopic (exact) mass is 378 g/mol. The molecule has 0 saturated heterocycles. The minimum Gasteiger partial charge on any atom is -0.335 e.